The minimum Gasteiger partial charge on any atom is -0.323 e. The van der Waals surface area contributed by atoms with Gasteiger partial charge in [-0.05, 0) is 51.4 Å². The molecule has 0 radical (unpaired) electrons. The van der Waals surface area contributed by atoms with Crippen molar-refractivity contribution in [2.75, 3.05) is 0 Å². The Bertz CT molecular complexity index is 2680. The van der Waals surface area contributed by atoms with Crippen molar-refractivity contribution in [3.05, 3.63) is 193 Å². The summed E-state index contributed by atoms with van der Waals surface area (Å²) in [6, 6.07) is 61.4. The molecule has 0 bridgehead atoms. The molecule has 6 heteroatoms. The number of amidine groups is 1. The van der Waals surface area contributed by atoms with E-state index in [9.17, 15) is 0 Å². The minimum atomic E-state index is 0.0981. The summed E-state index contributed by atoms with van der Waals surface area (Å²) in [4.78, 5) is 23.0. The molecular weight excluding hydrogens is 649 g/mol. The van der Waals surface area contributed by atoms with Gasteiger partial charge in [-0.15, -0.1) is 0 Å². The van der Waals surface area contributed by atoms with Crippen LogP contribution in [0, 0.1) is 5.41 Å². The Hall–Kier alpha value is -7.31. The third-order valence-electron chi connectivity index (χ3n) is 9.36. The van der Waals surface area contributed by atoms with Gasteiger partial charge in [0.15, 0.2) is 11.7 Å². The lowest BCUT2D eigenvalue weighted by Gasteiger charge is -2.11. The zero-order chi connectivity index (χ0) is 35.6. The second kappa shape index (κ2) is 13.8. The molecule has 250 valence electrons. The van der Waals surface area contributed by atoms with Crippen molar-refractivity contribution in [2.24, 2.45) is 4.99 Å². The average molecular weight is 681 g/mol. The number of H-pyrrole nitrogens is 1. The Kier molecular flexibility index (Phi) is 8.23. The van der Waals surface area contributed by atoms with Crippen molar-refractivity contribution in [1.29, 1.82) is 5.41 Å². The molecule has 2 heterocycles. The van der Waals surface area contributed by atoms with E-state index in [-0.39, 0.29) is 5.84 Å². The van der Waals surface area contributed by atoms with Crippen LogP contribution in [0.15, 0.2) is 187 Å². The van der Waals surface area contributed by atoms with Crippen LogP contribution in [-0.2, 0) is 0 Å². The van der Waals surface area contributed by atoms with Gasteiger partial charge in [-0.2, -0.15) is 4.99 Å². The number of rotatable bonds is 6. The molecule has 0 saturated carbocycles. The van der Waals surface area contributed by atoms with Crippen LogP contribution in [0.1, 0.15) is 5.56 Å². The molecule has 53 heavy (non-hydrogen) atoms. The predicted octanol–water partition coefficient (Wildman–Crippen LogP) is 10.8. The smallest absolute Gasteiger partial charge is 0.229 e. The molecule has 0 aliphatic heterocycles. The van der Waals surface area contributed by atoms with Gasteiger partial charge in [0.1, 0.15) is 0 Å². The average Bonchev–Trinajstić information content (AvgIpc) is 3.23. The van der Waals surface area contributed by atoms with E-state index in [0.717, 1.165) is 61.4 Å². The molecule has 0 amide bonds. The number of aromatic nitrogens is 4. The molecule has 9 rings (SSSR count). The Morgan fingerprint density at radius 1 is 0.415 bits per heavy atom. The molecule has 0 aliphatic carbocycles. The van der Waals surface area contributed by atoms with Crippen molar-refractivity contribution < 1.29 is 0 Å². The molecule has 0 aliphatic rings. The molecule has 0 unspecified atom stereocenters. The van der Waals surface area contributed by atoms with E-state index in [0.29, 0.717) is 17.0 Å². The number of hydrogen-bond acceptors (Lipinski definition) is 4. The van der Waals surface area contributed by atoms with Crippen LogP contribution >= 0.6 is 0 Å². The number of hydrogen-bond donors (Lipinski definition) is 2. The fraction of sp³-hybridized carbons (Fsp3) is 0. The third-order valence-corrected chi connectivity index (χ3v) is 9.36. The van der Waals surface area contributed by atoms with Crippen molar-refractivity contribution in [2.45, 2.75) is 0 Å². The summed E-state index contributed by atoms with van der Waals surface area (Å²) in [6.45, 7) is 0. The van der Waals surface area contributed by atoms with Crippen molar-refractivity contribution in [3.63, 3.8) is 0 Å². The molecule has 6 nitrogen and oxygen atoms in total. The maximum Gasteiger partial charge on any atom is 0.229 e. The van der Waals surface area contributed by atoms with E-state index in [1.807, 2.05) is 109 Å². The van der Waals surface area contributed by atoms with Gasteiger partial charge < -0.3 is 4.98 Å². The number of nitrogens with zero attached hydrogens (tertiary/aromatic N) is 4. The van der Waals surface area contributed by atoms with Gasteiger partial charge in [0, 0.05) is 27.8 Å². The highest BCUT2D eigenvalue weighted by atomic mass is 15.0. The van der Waals surface area contributed by atoms with E-state index in [4.69, 9.17) is 20.4 Å². The van der Waals surface area contributed by atoms with E-state index in [1.165, 1.54) is 10.8 Å². The molecule has 2 N–H and O–H groups in total. The highest BCUT2D eigenvalue weighted by Gasteiger charge is 2.13. The van der Waals surface area contributed by atoms with Gasteiger partial charge >= 0.3 is 0 Å². The third kappa shape index (κ3) is 6.65. The van der Waals surface area contributed by atoms with Crippen molar-refractivity contribution in [1.82, 2.24) is 19.9 Å². The van der Waals surface area contributed by atoms with Crippen molar-refractivity contribution in [3.8, 4) is 56.4 Å². The zero-order valence-corrected chi connectivity index (χ0v) is 28.6. The fourth-order valence-electron chi connectivity index (χ4n) is 6.57. The van der Waals surface area contributed by atoms with E-state index in [1.54, 1.807) is 0 Å². The largest absolute Gasteiger partial charge is 0.323 e. The summed E-state index contributed by atoms with van der Waals surface area (Å²) in [5.41, 5.74) is 9.15. The Morgan fingerprint density at radius 2 is 0.906 bits per heavy atom. The monoisotopic (exact) mass is 680 g/mol. The number of aromatic amines is 1. The maximum absolute atomic E-state index is 8.97. The summed E-state index contributed by atoms with van der Waals surface area (Å²) in [5, 5.41) is 13.6. The minimum absolute atomic E-state index is 0.0981. The molecular formula is C47H32N6. The van der Waals surface area contributed by atoms with Crippen LogP contribution in [0.2, 0.25) is 0 Å². The van der Waals surface area contributed by atoms with Gasteiger partial charge in [0.2, 0.25) is 5.62 Å². The SMILES string of the molecule is N=C(N=c1nc(-c2ccccc2)cc(-c2ccccc2)[nH]1)c1ccc(-c2cc(-c3ccc4ccccc4c3)nc(-c3ccc4ccccc4c3)n2)cc1. The summed E-state index contributed by atoms with van der Waals surface area (Å²) in [5.74, 6) is 0.748. The van der Waals surface area contributed by atoms with E-state index >= 15 is 0 Å². The molecule has 0 saturated heterocycles. The molecule has 0 spiro atoms. The number of fused-ring (bicyclic) bond motifs is 2. The second-order valence-corrected chi connectivity index (χ2v) is 12.9. The van der Waals surface area contributed by atoms with Crippen LogP contribution in [0.5, 0.6) is 0 Å². The van der Waals surface area contributed by atoms with Crippen LogP contribution in [0.3, 0.4) is 0 Å². The lowest BCUT2D eigenvalue weighted by atomic mass is 10.0. The van der Waals surface area contributed by atoms with Crippen molar-refractivity contribution >= 4 is 27.4 Å². The van der Waals surface area contributed by atoms with Gasteiger partial charge in [-0.25, -0.2) is 15.0 Å². The van der Waals surface area contributed by atoms with E-state index in [2.05, 4.69) is 82.8 Å². The quantitative estimate of drug-likeness (QED) is 0.135. The van der Waals surface area contributed by atoms with Gasteiger partial charge in [0.05, 0.1) is 22.8 Å². The first-order valence-corrected chi connectivity index (χ1v) is 17.5. The first kappa shape index (κ1) is 31.7. The fourth-order valence-corrected chi connectivity index (χ4v) is 6.57. The van der Waals surface area contributed by atoms with Gasteiger partial charge in [-0.1, -0.05) is 158 Å². The van der Waals surface area contributed by atoms with Gasteiger partial charge in [0.25, 0.3) is 0 Å². The predicted molar refractivity (Wildman–Crippen MR) is 215 cm³/mol. The number of nitrogens with one attached hydrogen (secondary N) is 2. The lowest BCUT2D eigenvalue weighted by molar-refractivity contribution is 1.03. The van der Waals surface area contributed by atoms with Crippen LogP contribution < -0.4 is 5.62 Å². The first-order valence-electron chi connectivity index (χ1n) is 17.5. The Morgan fingerprint density at radius 3 is 1.57 bits per heavy atom. The summed E-state index contributed by atoms with van der Waals surface area (Å²) in [6.07, 6.45) is 0. The first-order chi connectivity index (χ1) is 26.1. The molecule has 9 aromatic rings. The summed E-state index contributed by atoms with van der Waals surface area (Å²) < 4.78 is 0. The van der Waals surface area contributed by atoms with Crippen LogP contribution in [-0.4, -0.2) is 25.8 Å². The Labute approximate surface area is 306 Å². The number of benzene rings is 7. The van der Waals surface area contributed by atoms with Crippen LogP contribution in [0.4, 0.5) is 0 Å². The molecule has 0 fully saturated rings. The standard InChI is InChI=1S/C47H32N6/c48-45(53-47-51-42(33-13-3-1-4-14-33)30-43(52-47)34-15-5-2-6-16-34)36-23-21-35(22-24-36)41-29-44(39-25-19-31-11-7-9-17-37(31)27-39)50-46(49-41)40-26-20-32-12-8-10-18-38(32)28-40/h1-30H,(H2,48,51,52,53). The second-order valence-electron chi connectivity index (χ2n) is 12.9. The summed E-state index contributed by atoms with van der Waals surface area (Å²) >= 11 is 0. The molecule has 2 aromatic heterocycles. The molecule has 7 aromatic carbocycles. The highest BCUT2D eigenvalue weighted by Crippen LogP contribution is 2.31. The maximum atomic E-state index is 8.97. The lowest BCUT2D eigenvalue weighted by Crippen LogP contribution is -2.17. The Balaban J connectivity index is 1.10. The summed E-state index contributed by atoms with van der Waals surface area (Å²) in [7, 11) is 0. The van der Waals surface area contributed by atoms with Gasteiger partial charge in [-0.3, -0.25) is 5.41 Å². The zero-order valence-electron chi connectivity index (χ0n) is 28.6. The highest BCUT2D eigenvalue weighted by molar-refractivity contribution is 5.97. The molecule has 0 atom stereocenters. The van der Waals surface area contributed by atoms with E-state index < -0.39 is 0 Å². The topological polar surface area (TPSA) is 90.7 Å². The normalized spacial score (nSPS) is 11.6. The van der Waals surface area contributed by atoms with Crippen LogP contribution in [0.25, 0.3) is 78.0 Å².